The van der Waals surface area contributed by atoms with Gasteiger partial charge in [0.1, 0.15) is 5.60 Å². The molecule has 1 aliphatic heterocycles. The van der Waals surface area contributed by atoms with Crippen molar-refractivity contribution in [1.82, 2.24) is 4.90 Å². The number of amides is 1. The number of benzene rings is 1. The van der Waals surface area contributed by atoms with Crippen molar-refractivity contribution in [3.63, 3.8) is 0 Å². The van der Waals surface area contributed by atoms with Gasteiger partial charge in [0.2, 0.25) is 0 Å². The normalized spacial score (nSPS) is 23.0. The molecule has 21 heavy (non-hydrogen) atoms. The maximum Gasteiger partial charge on any atom is 0.410 e. The van der Waals surface area contributed by atoms with E-state index in [0.29, 0.717) is 6.54 Å². The lowest BCUT2D eigenvalue weighted by molar-refractivity contribution is 0.0146. The van der Waals surface area contributed by atoms with Gasteiger partial charge in [-0.25, -0.2) is 4.79 Å². The van der Waals surface area contributed by atoms with E-state index in [4.69, 9.17) is 10.5 Å². The molecule has 0 radical (unpaired) electrons. The molecule has 2 rings (SSSR count). The van der Waals surface area contributed by atoms with Crippen LogP contribution in [0, 0.1) is 0 Å². The van der Waals surface area contributed by atoms with E-state index >= 15 is 0 Å². The third kappa shape index (κ3) is 3.90. The number of carbonyl (C=O) groups is 1. The van der Waals surface area contributed by atoms with Crippen LogP contribution in [0.4, 0.5) is 10.5 Å². The summed E-state index contributed by atoms with van der Waals surface area (Å²) in [5.41, 5.74) is 7.26. The van der Waals surface area contributed by atoms with Crippen LogP contribution >= 0.6 is 0 Å². The highest BCUT2D eigenvalue weighted by atomic mass is 16.6. The van der Waals surface area contributed by atoms with Crippen LogP contribution in [0.3, 0.4) is 0 Å². The van der Waals surface area contributed by atoms with Crippen molar-refractivity contribution < 1.29 is 9.53 Å². The van der Waals surface area contributed by atoms with Crippen LogP contribution in [0.15, 0.2) is 24.3 Å². The molecule has 0 spiro atoms. The highest BCUT2D eigenvalue weighted by Crippen LogP contribution is 2.34. The minimum Gasteiger partial charge on any atom is -0.444 e. The Morgan fingerprint density at radius 1 is 1.29 bits per heavy atom. The van der Waals surface area contributed by atoms with Gasteiger partial charge in [-0.15, -0.1) is 0 Å². The molecular weight excluding hydrogens is 264 g/mol. The number of anilines is 1. The largest absolute Gasteiger partial charge is 0.444 e. The van der Waals surface area contributed by atoms with Crippen molar-refractivity contribution in [1.29, 1.82) is 0 Å². The minimum absolute atomic E-state index is 0.0388. The Morgan fingerprint density at radius 2 is 1.90 bits per heavy atom. The molecule has 1 amide bonds. The van der Waals surface area contributed by atoms with E-state index in [1.165, 1.54) is 5.56 Å². The first-order valence-corrected chi connectivity index (χ1v) is 7.54. The van der Waals surface area contributed by atoms with Gasteiger partial charge < -0.3 is 15.4 Å². The van der Waals surface area contributed by atoms with Gasteiger partial charge >= 0.3 is 6.09 Å². The van der Waals surface area contributed by atoms with E-state index in [9.17, 15) is 4.79 Å². The van der Waals surface area contributed by atoms with Crippen molar-refractivity contribution in [2.24, 2.45) is 0 Å². The van der Waals surface area contributed by atoms with Crippen LogP contribution in [-0.4, -0.2) is 29.7 Å². The lowest BCUT2D eigenvalue weighted by Crippen LogP contribution is -2.48. The smallest absolute Gasteiger partial charge is 0.410 e. The molecule has 0 aromatic heterocycles. The van der Waals surface area contributed by atoms with E-state index < -0.39 is 5.60 Å². The molecule has 1 heterocycles. The molecule has 1 saturated heterocycles. The van der Waals surface area contributed by atoms with Crippen LogP contribution in [-0.2, 0) is 10.2 Å². The molecule has 1 aliphatic rings. The predicted molar refractivity (Wildman–Crippen MR) is 85.2 cm³/mol. The number of hydrogen-bond donors (Lipinski definition) is 1. The van der Waals surface area contributed by atoms with Crippen LogP contribution in [0.1, 0.15) is 46.1 Å². The number of nitrogens with zero attached hydrogens (tertiary/aromatic N) is 1. The van der Waals surface area contributed by atoms with Crippen molar-refractivity contribution in [3.05, 3.63) is 29.8 Å². The van der Waals surface area contributed by atoms with Crippen LogP contribution in [0.5, 0.6) is 0 Å². The number of rotatable bonds is 1. The maximum absolute atomic E-state index is 12.3. The van der Waals surface area contributed by atoms with E-state index in [0.717, 1.165) is 25.1 Å². The molecule has 116 valence electrons. The fourth-order valence-electron chi connectivity index (χ4n) is 2.84. The van der Waals surface area contributed by atoms with Gasteiger partial charge in [0.25, 0.3) is 0 Å². The summed E-state index contributed by atoms with van der Waals surface area (Å²) in [4.78, 5) is 14.1. The molecular formula is C17H26N2O2. The summed E-state index contributed by atoms with van der Waals surface area (Å²) < 4.78 is 5.49. The fourth-order valence-corrected chi connectivity index (χ4v) is 2.84. The molecule has 1 fully saturated rings. The second-order valence-electron chi connectivity index (χ2n) is 7.19. The van der Waals surface area contributed by atoms with Crippen molar-refractivity contribution in [2.75, 3.05) is 18.8 Å². The van der Waals surface area contributed by atoms with Crippen LogP contribution in [0.2, 0.25) is 0 Å². The molecule has 1 aromatic rings. The second-order valence-corrected chi connectivity index (χ2v) is 7.19. The highest BCUT2D eigenvalue weighted by Gasteiger charge is 2.36. The van der Waals surface area contributed by atoms with Gasteiger partial charge in [-0.05, 0) is 51.3 Å². The molecule has 1 aromatic carbocycles. The lowest BCUT2D eigenvalue weighted by atomic mass is 9.76. The topological polar surface area (TPSA) is 55.6 Å². The molecule has 1 unspecified atom stereocenters. The first-order valence-electron chi connectivity index (χ1n) is 7.54. The number of hydrogen-bond acceptors (Lipinski definition) is 3. The standard InChI is InChI=1S/C17H26N2O2/c1-16(2,3)21-15(20)19-11-5-10-17(4,12-19)13-6-8-14(18)9-7-13/h6-9H,5,10-12,18H2,1-4H3. The summed E-state index contributed by atoms with van der Waals surface area (Å²) in [6.07, 6.45) is 1.83. The molecule has 0 bridgehead atoms. The highest BCUT2D eigenvalue weighted by molar-refractivity contribution is 5.68. The number of ether oxygens (including phenoxy) is 1. The van der Waals surface area contributed by atoms with Crippen LogP contribution < -0.4 is 5.73 Å². The number of nitrogens with two attached hydrogens (primary N) is 1. The maximum atomic E-state index is 12.3. The Morgan fingerprint density at radius 3 is 2.48 bits per heavy atom. The van der Waals surface area contributed by atoms with Crippen molar-refractivity contribution >= 4 is 11.8 Å². The molecule has 4 heteroatoms. The Kier molecular flexibility index (Phi) is 4.17. The van der Waals surface area contributed by atoms with Gasteiger partial charge in [0.15, 0.2) is 0 Å². The number of likely N-dealkylation sites (tertiary alicyclic amines) is 1. The average Bonchev–Trinajstić information content (AvgIpc) is 2.37. The lowest BCUT2D eigenvalue weighted by Gasteiger charge is -2.41. The van der Waals surface area contributed by atoms with E-state index in [1.807, 2.05) is 37.8 Å². The zero-order valence-corrected chi connectivity index (χ0v) is 13.5. The van der Waals surface area contributed by atoms with E-state index in [1.54, 1.807) is 0 Å². The third-order valence-corrected chi connectivity index (χ3v) is 3.96. The van der Waals surface area contributed by atoms with Crippen LogP contribution in [0.25, 0.3) is 0 Å². The van der Waals surface area contributed by atoms with Gasteiger partial charge in [-0.3, -0.25) is 0 Å². The summed E-state index contributed by atoms with van der Waals surface area (Å²) in [5.74, 6) is 0. The quantitative estimate of drug-likeness (QED) is 0.805. The molecule has 2 N–H and O–H groups in total. The minimum atomic E-state index is -0.452. The Hall–Kier alpha value is -1.71. The van der Waals surface area contributed by atoms with Gasteiger partial charge in [-0.2, -0.15) is 0 Å². The SMILES string of the molecule is CC(C)(C)OC(=O)N1CCCC(C)(c2ccc(N)cc2)C1. The Balaban J connectivity index is 2.12. The average molecular weight is 290 g/mol. The van der Waals surface area contributed by atoms with Gasteiger partial charge in [0, 0.05) is 24.2 Å². The Labute approximate surface area is 127 Å². The number of piperidine rings is 1. The molecule has 4 nitrogen and oxygen atoms in total. The third-order valence-electron chi connectivity index (χ3n) is 3.96. The van der Waals surface area contributed by atoms with Crippen molar-refractivity contribution in [3.8, 4) is 0 Å². The zero-order valence-electron chi connectivity index (χ0n) is 13.5. The predicted octanol–water partition coefficient (Wildman–Crippen LogP) is 3.56. The first kappa shape index (κ1) is 15.7. The summed E-state index contributed by atoms with van der Waals surface area (Å²) in [5, 5.41) is 0. The molecule has 0 aliphatic carbocycles. The van der Waals surface area contributed by atoms with Gasteiger partial charge in [-0.1, -0.05) is 19.1 Å². The van der Waals surface area contributed by atoms with E-state index in [2.05, 4.69) is 19.1 Å². The Bertz CT molecular complexity index is 505. The van der Waals surface area contributed by atoms with Gasteiger partial charge in [0.05, 0.1) is 0 Å². The monoisotopic (exact) mass is 290 g/mol. The van der Waals surface area contributed by atoms with E-state index in [-0.39, 0.29) is 11.5 Å². The fraction of sp³-hybridized carbons (Fsp3) is 0.588. The molecule has 1 atom stereocenters. The summed E-state index contributed by atoms with van der Waals surface area (Å²) >= 11 is 0. The summed E-state index contributed by atoms with van der Waals surface area (Å²) in [7, 11) is 0. The molecule has 0 saturated carbocycles. The summed E-state index contributed by atoms with van der Waals surface area (Å²) in [6.45, 7) is 9.34. The summed E-state index contributed by atoms with van der Waals surface area (Å²) in [6, 6.07) is 7.97. The number of nitrogen functional groups attached to an aromatic ring is 1. The first-order chi connectivity index (χ1) is 9.70. The van der Waals surface area contributed by atoms with Crippen molar-refractivity contribution in [2.45, 2.75) is 51.6 Å². The number of carbonyl (C=O) groups excluding carboxylic acids is 1. The zero-order chi connectivity index (χ0) is 15.7. The second kappa shape index (κ2) is 5.58.